The smallest absolute Gasteiger partial charge is 0.257 e. The molecule has 5 nitrogen and oxygen atoms in total. The van der Waals surface area contributed by atoms with Gasteiger partial charge in [-0.3, -0.25) is 9.78 Å². The zero-order chi connectivity index (χ0) is 19.1. The van der Waals surface area contributed by atoms with Crippen molar-refractivity contribution in [1.82, 2.24) is 14.5 Å². The third-order valence-electron chi connectivity index (χ3n) is 5.28. The van der Waals surface area contributed by atoms with Gasteiger partial charge in [-0.1, -0.05) is 24.1 Å². The third-order valence-corrected chi connectivity index (χ3v) is 5.50. The summed E-state index contributed by atoms with van der Waals surface area (Å²) in [5.41, 5.74) is 3.87. The Hall–Kier alpha value is -2.92. The summed E-state index contributed by atoms with van der Waals surface area (Å²) in [4.78, 5) is 22.1. The summed E-state index contributed by atoms with van der Waals surface area (Å²) < 4.78 is 2.31. The van der Waals surface area contributed by atoms with Crippen LogP contribution in [0.4, 0.5) is 5.69 Å². The summed E-state index contributed by atoms with van der Waals surface area (Å²) in [5, 5.41) is 4.33. The van der Waals surface area contributed by atoms with Crippen LogP contribution in [0.2, 0.25) is 5.02 Å². The van der Waals surface area contributed by atoms with Gasteiger partial charge in [-0.25, -0.2) is 4.98 Å². The van der Waals surface area contributed by atoms with E-state index >= 15 is 0 Å². The lowest BCUT2D eigenvalue weighted by molar-refractivity contribution is 0.102. The molecule has 0 radical (unpaired) electrons. The first kappa shape index (κ1) is 17.2. The molecule has 6 heteroatoms. The fraction of sp³-hybridized carbons (Fsp3) is 0.227. The second-order valence-corrected chi connectivity index (χ2v) is 7.61. The molecular weight excluding hydrogens is 372 g/mol. The molecule has 2 aromatic heterocycles. The molecule has 0 aliphatic carbocycles. The molecule has 2 aromatic carbocycles. The molecular formula is C22H19ClN4O. The quantitative estimate of drug-likeness (QED) is 0.510. The first-order valence-corrected chi connectivity index (χ1v) is 9.92. The van der Waals surface area contributed by atoms with Crippen LogP contribution in [-0.2, 0) is 13.0 Å². The molecule has 28 heavy (non-hydrogen) atoms. The maximum Gasteiger partial charge on any atom is 0.257 e. The van der Waals surface area contributed by atoms with E-state index in [1.807, 2.05) is 36.4 Å². The highest BCUT2D eigenvalue weighted by Crippen LogP contribution is 2.26. The number of aryl methyl sites for hydroxylation is 2. The first-order chi connectivity index (χ1) is 13.7. The van der Waals surface area contributed by atoms with E-state index in [1.165, 1.54) is 19.3 Å². The van der Waals surface area contributed by atoms with Gasteiger partial charge in [0.05, 0.1) is 22.1 Å². The number of hydrogen-bond acceptors (Lipinski definition) is 3. The number of benzene rings is 2. The average molecular weight is 391 g/mol. The third kappa shape index (κ3) is 3.02. The predicted molar refractivity (Wildman–Crippen MR) is 112 cm³/mol. The molecule has 0 spiro atoms. The number of hydrogen-bond donors (Lipinski definition) is 1. The molecule has 3 heterocycles. The van der Waals surface area contributed by atoms with Crippen molar-refractivity contribution in [1.29, 1.82) is 0 Å². The summed E-state index contributed by atoms with van der Waals surface area (Å²) in [6, 6.07) is 13.1. The number of halogens is 1. The number of carbonyl (C=O) groups excluding carboxylic acids is 1. The predicted octanol–water partition coefficient (Wildman–Crippen LogP) is 5.22. The fourth-order valence-electron chi connectivity index (χ4n) is 3.95. The van der Waals surface area contributed by atoms with Crippen LogP contribution in [0.1, 0.15) is 35.4 Å². The normalized spacial score (nSPS) is 14.0. The number of imidazole rings is 1. The summed E-state index contributed by atoms with van der Waals surface area (Å²) in [6.45, 7) is 1.01. The Bertz CT molecular complexity index is 1210. The molecule has 0 saturated heterocycles. The van der Waals surface area contributed by atoms with E-state index < -0.39 is 0 Å². The molecule has 1 N–H and O–H groups in total. The molecule has 1 amide bonds. The van der Waals surface area contributed by atoms with Crippen LogP contribution in [0.25, 0.3) is 21.9 Å². The Morgan fingerprint density at radius 3 is 2.96 bits per heavy atom. The monoisotopic (exact) mass is 390 g/mol. The van der Waals surface area contributed by atoms with Crippen LogP contribution in [-0.4, -0.2) is 20.4 Å². The van der Waals surface area contributed by atoms with Crippen molar-refractivity contribution in [2.75, 3.05) is 5.32 Å². The topological polar surface area (TPSA) is 59.8 Å². The van der Waals surface area contributed by atoms with Crippen molar-refractivity contribution in [3.05, 3.63) is 65.1 Å². The molecule has 0 unspecified atom stereocenters. The van der Waals surface area contributed by atoms with Crippen molar-refractivity contribution in [2.24, 2.45) is 0 Å². The van der Waals surface area contributed by atoms with Crippen LogP contribution in [0.5, 0.6) is 0 Å². The van der Waals surface area contributed by atoms with E-state index in [0.717, 1.165) is 40.9 Å². The van der Waals surface area contributed by atoms with Gasteiger partial charge in [-0.15, -0.1) is 0 Å². The molecule has 1 aliphatic heterocycles. The van der Waals surface area contributed by atoms with Gasteiger partial charge in [0, 0.05) is 35.3 Å². The number of nitrogens with one attached hydrogen (secondary N) is 1. The zero-order valence-corrected chi connectivity index (χ0v) is 16.0. The van der Waals surface area contributed by atoms with Gasteiger partial charge in [-0.05, 0) is 49.2 Å². The van der Waals surface area contributed by atoms with Crippen molar-refractivity contribution >= 4 is 45.1 Å². The molecule has 140 valence electrons. The minimum atomic E-state index is -0.230. The molecule has 4 aromatic rings. The lowest BCUT2D eigenvalue weighted by Crippen LogP contribution is -2.13. The van der Waals surface area contributed by atoms with Crippen molar-refractivity contribution in [2.45, 2.75) is 32.2 Å². The van der Waals surface area contributed by atoms with Gasteiger partial charge in [0.25, 0.3) is 5.91 Å². The van der Waals surface area contributed by atoms with Crippen LogP contribution in [0, 0.1) is 0 Å². The van der Waals surface area contributed by atoms with Crippen molar-refractivity contribution in [3.8, 4) is 0 Å². The minimum Gasteiger partial charge on any atom is -0.328 e. The van der Waals surface area contributed by atoms with E-state index in [1.54, 1.807) is 12.3 Å². The van der Waals surface area contributed by atoms with Gasteiger partial charge in [0.1, 0.15) is 5.82 Å². The van der Waals surface area contributed by atoms with Crippen LogP contribution in [0.3, 0.4) is 0 Å². The average Bonchev–Trinajstić information content (AvgIpc) is 2.87. The highest BCUT2D eigenvalue weighted by molar-refractivity contribution is 6.32. The SMILES string of the molecule is O=C(Nc1ccc2c(c1)nc1n2CCCCC1)c1cc(Cl)cc2cccnc12. The number of pyridine rings is 1. The van der Waals surface area contributed by atoms with Gasteiger partial charge in [0.15, 0.2) is 0 Å². The first-order valence-electron chi connectivity index (χ1n) is 9.54. The van der Waals surface area contributed by atoms with E-state index in [4.69, 9.17) is 16.6 Å². The van der Waals surface area contributed by atoms with E-state index in [0.29, 0.717) is 16.1 Å². The number of amides is 1. The Morgan fingerprint density at radius 1 is 1.11 bits per heavy atom. The van der Waals surface area contributed by atoms with Crippen molar-refractivity contribution < 1.29 is 4.79 Å². The Labute approximate surface area is 167 Å². The maximum absolute atomic E-state index is 12.9. The van der Waals surface area contributed by atoms with Crippen LogP contribution >= 0.6 is 11.6 Å². The summed E-state index contributed by atoms with van der Waals surface area (Å²) in [6.07, 6.45) is 6.31. The molecule has 0 saturated carbocycles. The summed E-state index contributed by atoms with van der Waals surface area (Å²) in [7, 11) is 0. The number of nitrogens with zero attached hydrogens (tertiary/aromatic N) is 3. The highest BCUT2D eigenvalue weighted by Gasteiger charge is 2.16. The van der Waals surface area contributed by atoms with Crippen LogP contribution in [0.15, 0.2) is 48.7 Å². The summed E-state index contributed by atoms with van der Waals surface area (Å²) in [5.74, 6) is 0.910. The second-order valence-electron chi connectivity index (χ2n) is 7.18. The van der Waals surface area contributed by atoms with E-state index in [2.05, 4.69) is 14.9 Å². The Balaban J connectivity index is 1.49. The fourth-order valence-corrected chi connectivity index (χ4v) is 4.18. The highest BCUT2D eigenvalue weighted by atomic mass is 35.5. The van der Waals surface area contributed by atoms with Gasteiger partial charge < -0.3 is 9.88 Å². The van der Waals surface area contributed by atoms with Crippen LogP contribution < -0.4 is 5.32 Å². The Kier molecular flexibility index (Phi) is 4.24. The van der Waals surface area contributed by atoms with Crippen molar-refractivity contribution in [3.63, 3.8) is 0 Å². The van der Waals surface area contributed by atoms with Gasteiger partial charge >= 0.3 is 0 Å². The molecule has 0 fully saturated rings. The summed E-state index contributed by atoms with van der Waals surface area (Å²) >= 11 is 6.20. The number of rotatable bonds is 2. The standard InChI is InChI=1S/C22H19ClN4O/c23-15-11-14-5-4-9-24-21(14)17(12-15)22(28)25-16-7-8-19-18(13-16)26-20-6-2-1-3-10-27(19)20/h4-5,7-9,11-13H,1-3,6,10H2,(H,25,28). The van der Waals surface area contributed by atoms with E-state index in [9.17, 15) is 4.79 Å². The van der Waals surface area contributed by atoms with Gasteiger partial charge in [0.2, 0.25) is 0 Å². The number of fused-ring (bicyclic) bond motifs is 4. The molecule has 1 aliphatic rings. The number of carbonyl (C=O) groups is 1. The largest absolute Gasteiger partial charge is 0.328 e. The number of aromatic nitrogens is 3. The lowest BCUT2D eigenvalue weighted by Gasteiger charge is -2.09. The molecule has 0 bridgehead atoms. The lowest BCUT2D eigenvalue weighted by atomic mass is 10.1. The zero-order valence-electron chi connectivity index (χ0n) is 15.3. The van der Waals surface area contributed by atoms with Gasteiger partial charge in [-0.2, -0.15) is 0 Å². The maximum atomic E-state index is 12.9. The minimum absolute atomic E-state index is 0.230. The molecule has 5 rings (SSSR count). The number of anilines is 1. The second kappa shape index (κ2) is 6.91. The van der Waals surface area contributed by atoms with E-state index in [-0.39, 0.29) is 5.91 Å². The molecule has 0 atom stereocenters. The Morgan fingerprint density at radius 2 is 2.04 bits per heavy atom.